The van der Waals surface area contributed by atoms with Gasteiger partial charge in [0.2, 0.25) is 5.60 Å². The van der Waals surface area contributed by atoms with Gasteiger partial charge in [-0.25, -0.2) is 4.79 Å². The molecule has 0 atom stereocenters. The second kappa shape index (κ2) is 4.61. The summed E-state index contributed by atoms with van der Waals surface area (Å²) >= 11 is 0. The standard InChI is InChI=1S/C10H11NO5/c1-10(2,9(13)14)16-11-7(6-12)8-4-3-5-15-8/h3-6H,1-2H3,(H,13,14)/b11-7+. The lowest BCUT2D eigenvalue weighted by atomic mass is 10.1. The molecule has 1 aromatic rings. The van der Waals surface area contributed by atoms with Crippen molar-refractivity contribution in [1.29, 1.82) is 0 Å². The van der Waals surface area contributed by atoms with Crippen LogP contribution in [0.2, 0.25) is 0 Å². The second-order valence-corrected chi connectivity index (χ2v) is 3.48. The first-order chi connectivity index (χ1) is 7.47. The van der Waals surface area contributed by atoms with Crippen molar-refractivity contribution < 1.29 is 24.0 Å². The van der Waals surface area contributed by atoms with Crippen LogP contribution < -0.4 is 0 Å². The molecule has 0 saturated carbocycles. The number of carbonyl (C=O) groups is 2. The molecule has 0 bridgehead atoms. The van der Waals surface area contributed by atoms with Crippen molar-refractivity contribution in [3.8, 4) is 0 Å². The summed E-state index contributed by atoms with van der Waals surface area (Å²) in [5, 5.41) is 12.2. The van der Waals surface area contributed by atoms with Crippen LogP contribution in [0.15, 0.2) is 28.0 Å². The zero-order chi connectivity index (χ0) is 12.2. The minimum absolute atomic E-state index is 0.0978. The van der Waals surface area contributed by atoms with Crippen molar-refractivity contribution in [3.63, 3.8) is 0 Å². The van der Waals surface area contributed by atoms with E-state index >= 15 is 0 Å². The molecule has 1 N–H and O–H groups in total. The van der Waals surface area contributed by atoms with Crippen molar-refractivity contribution in [1.82, 2.24) is 0 Å². The third-order valence-electron chi connectivity index (χ3n) is 1.77. The van der Waals surface area contributed by atoms with Crippen molar-refractivity contribution in [2.45, 2.75) is 19.4 Å². The summed E-state index contributed by atoms with van der Waals surface area (Å²) in [5.41, 5.74) is -1.60. The van der Waals surface area contributed by atoms with Gasteiger partial charge in [-0.2, -0.15) is 0 Å². The number of hydrogen-bond acceptors (Lipinski definition) is 5. The Morgan fingerprint density at radius 2 is 2.31 bits per heavy atom. The minimum Gasteiger partial charge on any atom is -0.478 e. The molecule has 0 saturated heterocycles. The Labute approximate surface area is 91.5 Å². The molecule has 0 amide bonds. The highest BCUT2D eigenvalue weighted by atomic mass is 16.7. The average molecular weight is 225 g/mol. The van der Waals surface area contributed by atoms with Gasteiger partial charge < -0.3 is 14.4 Å². The van der Waals surface area contributed by atoms with Crippen LogP contribution in [0.1, 0.15) is 19.6 Å². The highest BCUT2D eigenvalue weighted by Crippen LogP contribution is 2.11. The lowest BCUT2D eigenvalue weighted by Crippen LogP contribution is -2.33. The second-order valence-electron chi connectivity index (χ2n) is 3.48. The number of rotatable bonds is 5. The largest absolute Gasteiger partial charge is 0.478 e. The van der Waals surface area contributed by atoms with E-state index in [9.17, 15) is 9.59 Å². The lowest BCUT2D eigenvalue weighted by molar-refractivity contribution is -0.161. The molecule has 86 valence electrons. The van der Waals surface area contributed by atoms with Crippen LogP contribution in [0.3, 0.4) is 0 Å². The van der Waals surface area contributed by atoms with Crippen LogP contribution in [0, 0.1) is 0 Å². The smallest absolute Gasteiger partial charge is 0.350 e. The van der Waals surface area contributed by atoms with E-state index in [2.05, 4.69) is 5.16 Å². The number of furan rings is 1. The average Bonchev–Trinajstić information content (AvgIpc) is 2.71. The predicted octanol–water partition coefficient (Wildman–Crippen LogP) is 1.06. The SMILES string of the molecule is CC(C)(O/N=C(\C=O)c1ccco1)C(=O)O. The summed E-state index contributed by atoms with van der Waals surface area (Å²) in [7, 11) is 0. The van der Waals surface area contributed by atoms with E-state index in [1.807, 2.05) is 0 Å². The van der Waals surface area contributed by atoms with E-state index in [-0.39, 0.29) is 11.5 Å². The van der Waals surface area contributed by atoms with Gasteiger partial charge in [0.15, 0.2) is 17.8 Å². The van der Waals surface area contributed by atoms with E-state index in [1.165, 1.54) is 26.2 Å². The van der Waals surface area contributed by atoms with Crippen molar-refractivity contribution in [2.75, 3.05) is 0 Å². The van der Waals surface area contributed by atoms with E-state index in [4.69, 9.17) is 14.4 Å². The van der Waals surface area contributed by atoms with Crippen LogP contribution in [-0.4, -0.2) is 28.7 Å². The molecule has 1 heterocycles. The first kappa shape index (κ1) is 12.0. The van der Waals surface area contributed by atoms with Gasteiger partial charge in [-0.15, -0.1) is 0 Å². The quantitative estimate of drug-likeness (QED) is 0.459. The molecule has 0 aliphatic carbocycles. The molecular formula is C10H11NO5. The maximum Gasteiger partial charge on any atom is 0.350 e. The maximum absolute atomic E-state index is 10.7. The zero-order valence-electron chi connectivity index (χ0n) is 8.84. The van der Waals surface area contributed by atoms with E-state index < -0.39 is 11.6 Å². The van der Waals surface area contributed by atoms with Gasteiger partial charge in [-0.05, 0) is 26.0 Å². The highest BCUT2D eigenvalue weighted by Gasteiger charge is 2.30. The molecule has 0 radical (unpaired) electrons. The fourth-order valence-corrected chi connectivity index (χ4v) is 0.751. The van der Waals surface area contributed by atoms with Crippen molar-refractivity contribution >= 4 is 18.0 Å². The molecule has 6 nitrogen and oxygen atoms in total. The summed E-state index contributed by atoms with van der Waals surface area (Å²) in [6, 6.07) is 3.10. The van der Waals surface area contributed by atoms with Gasteiger partial charge in [0, 0.05) is 0 Å². The summed E-state index contributed by atoms with van der Waals surface area (Å²) in [6.07, 6.45) is 1.80. The Kier molecular flexibility index (Phi) is 3.44. The number of hydrogen-bond donors (Lipinski definition) is 1. The summed E-state index contributed by atoms with van der Waals surface area (Å²) in [5.74, 6) is -0.961. The van der Waals surface area contributed by atoms with Crippen LogP contribution in [0.4, 0.5) is 0 Å². The van der Waals surface area contributed by atoms with Crippen LogP contribution in [0.25, 0.3) is 0 Å². The Balaban J connectivity index is 2.83. The summed E-state index contributed by atoms with van der Waals surface area (Å²) in [6.45, 7) is 2.65. The number of carboxylic acid groups (broad SMARTS) is 1. The number of aliphatic carboxylic acids is 1. The minimum atomic E-state index is -1.50. The van der Waals surface area contributed by atoms with Crippen LogP contribution >= 0.6 is 0 Å². The first-order valence-corrected chi connectivity index (χ1v) is 4.46. The molecule has 1 rings (SSSR count). The number of aldehydes is 1. The van der Waals surface area contributed by atoms with Gasteiger partial charge >= 0.3 is 5.97 Å². The molecule has 0 spiro atoms. The third kappa shape index (κ3) is 2.69. The van der Waals surface area contributed by atoms with Gasteiger partial charge in [0.1, 0.15) is 0 Å². The molecule has 0 fully saturated rings. The van der Waals surface area contributed by atoms with Crippen LogP contribution in [-0.2, 0) is 14.4 Å². The van der Waals surface area contributed by atoms with E-state index in [0.29, 0.717) is 6.29 Å². The van der Waals surface area contributed by atoms with Gasteiger partial charge in [0.25, 0.3) is 0 Å². The topological polar surface area (TPSA) is 89.1 Å². The van der Waals surface area contributed by atoms with Crippen molar-refractivity contribution in [2.24, 2.45) is 5.16 Å². The Hall–Kier alpha value is -2.11. The Morgan fingerprint density at radius 3 is 2.75 bits per heavy atom. The molecule has 16 heavy (non-hydrogen) atoms. The highest BCUT2D eigenvalue weighted by molar-refractivity contribution is 6.35. The fourth-order valence-electron chi connectivity index (χ4n) is 0.751. The summed E-state index contributed by atoms with van der Waals surface area (Å²) in [4.78, 5) is 26.1. The van der Waals surface area contributed by atoms with Crippen molar-refractivity contribution in [3.05, 3.63) is 24.2 Å². The molecule has 1 aromatic heterocycles. The maximum atomic E-state index is 10.7. The third-order valence-corrected chi connectivity index (χ3v) is 1.77. The zero-order valence-corrected chi connectivity index (χ0v) is 8.84. The van der Waals surface area contributed by atoms with Gasteiger partial charge in [-0.3, -0.25) is 4.79 Å². The number of oxime groups is 1. The Bertz CT molecular complexity index is 405. The number of carboxylic acids is 1. The Morgan fingerprint density at radius 1 is 1.62 bits per heavy atom. The predicted molar refractivity (Wildman–Crippen MR) is 54.1 cm³/mol. The van der Waals surface area contributed by atoms with Gasteiger partial charge in [0.05, 0.1) is 6.26 Å². The normalized spacial score (nSPS) is 12.2. The van der Waals surface area contributed by atoms with E-state index in [1.54, 1.807) is 6.07 Å². The molecule has 6 heteroatoms. The van der Waals surface area contributed by atoms with Gasteiger partial charge in [-0.1, -0.05) is 5.16 Å². The molecule has 0 unspecified atom stereocenters. The van der Waals surface area contributed by atoms with Crippen LogP contribution in [0.5, 0.6) is 0 Å². The summed E-state index contributed by atoms with van der Waals surface area (Å²) < 4.78 is 4.92. The number of nitrogens with zero attached hydrogens (tertiary/aromatic N) is 1. The number of carbonyl (C=O) groups excluding carboxylic acids is 1. The monoisotopic (exact) mass is 225 g/mol. The molecule has 0 aromatic carbocycles. The first-order valence-electron chi connectivity index (χ1n) is 4.46. The fraction of sp³-hybridized carbons (Fsp3) is 0.300. The lowest BCUT2D eigenvalue weighted by Gasteiger charge is -2.16. The molecule has 0 aliphatic rings. The van der Waals surface area contributed by atoms with E-state index in [0.717, 1.165) is 0 Å². The molecule has 0 aliphatic heterocycles. The molecular weight excluding hydrogens is 214 g/mol.